The third-order valence-electron chi connectivity index (χ3n) is 6.03. The van der Waals surface area contributed by atoms with Crippen LogP contribution in [0.3, 0.4) is 0 Å². The summed E-state index contributed by atoms with van der Waals surface area (Å²) < 4.78 is 28.3. The van der Waals surface area contributed by atoms with Gasteiger partial charge in [-0.3, -0.25) is 4.90 Å². The smallest absolute Gasteiger partial charge is 0.409 e. The predicted molar refractivity (Wildman–Crippen MR) is 145 cm³/mol. The molecule has 1 unspecified atom stereocenters. The molecule has 1 amide bonds. The van der Waals surface area contributed by atoms with E-state index in [1.165, 1.54) is 28.6 Å². The summed E-state index contributed by atoms with van der Waals surface area (Å²) in [6.07, 6.45) is -1.41. The molecule has 0 heterocycles. The highest BCUT2D eigenvalue weighted by molar-refractivity contribution is 7.89. The van der Waals surface area contributed by atoms with Crippen molar-refractivity contribution >= 4 is 27.7 Å². The topological polar surface area (TPSA) is 98.2 Å². The summed E-state index contributed by atoms with van der Waals surface area (Å²) in [4.78, 5) is 13.5. The number of hydrogen-bond acceptors (Lipinski definition) is 4. The number of aliphatic hydroxyl groups is 1. The molecule has 0 fully saturated rings. The summed E-state index contributed by atoms with van der Waals surface area (Å²) in [5.74, 6) is 0.00388. The van der Waals surface area contributed by atoms with Crippen LogP contribution in [0.25, 0.3) is 0 Å². The minimum atomic E-state index is -3.92. The minimum Gasteiger partial charge on any atom is -0.465 e. The number of amides is 1. The van der Waals surface area contributed by atoms with Gasteiger partial charge >= 0.3 is 6.09 Å². The van der Waals surface area contributed by atoms with Gasteiger partial charge in [-0.25, -0.2) is 13.2 Å². The van der Waals surface area contributed by atoms with Crippen molar-refractivity contribution < 1.29 is 23.4 Å². The van der Waals surface area contributed by atoms with Crippen molar-refractivity contribution in [3.8, 4) is 0 Å². The molecule has 0 aliphatic rings. The average Bonchev–Trinajstić information content (AvgIpc) is 2.86. The Hall–Kier alpha value is -2.91. The summed E-state index contributed by atoms with van der Waals surface area (Å²) in [7, 11) is -3.92. The highest BCUT2D eigenvalue weighted by atomic mass is 35.5. The third-order valence-corrected chi connectivity index (χ3v) is 8.16. The first-order chi connectivity index (χ1) is 17.5. The zero-order valence-electron chi connectivity index (χ0n) is 21.0. The molecule has 0 saturated heterocycles. The molecule has 9 heteroatoms. The van der Waals surface area contributed by atoms with E-state index in [1.807, 2.05) is 50.2 Å². The Morgan fingerprint density at radius 2 is 1.46 bits per heavy atom. The fraction of sp³-hybridized carbons (Fsp3) is 0.321. The molecule has 37 heavy (non-hydrogen) atoms. The summed E-state index contributed by atoms with van der Waals surface area (Å²) >= 11 is 5.95. The molecule has 198 valence electrons. The zero-order chi connectivity index (χ0) is 27.1. The molecule has 3 aromatic rings. The Kier molecular flexibility index (Phi) is 9.73. The van der Waals surface area contributed by atoms with Crippen molar-refractivity contribution in [2.24, 2.45) is 5.92 Å². The van der Waals surface area contributed by atoms with Gasteiger partial charge in [-0.05, 0) is 41.3 Å². The van der Waals surface area contributed by atoms with Gasteiger partial charge in [0.05, 0.1) is 11.4 Å². The summed E-state index contributed by atoms with van der Waals surface area (Å²) in [5, 5.41) is 22.5. The maximum Gasteiger partial charge on any atom is 0.409 e. The molecule has 2 N–H and O–H groups in total. The number of hydrogen-bond donors (Lipinski definition) is 2. The Balaban J connectivity index is 1.96. The largest absolute Gasteiger partial charge is 0.465 e. The van der Waals surface area contributed by atoms with E-state index < -0.39 is 21.8 Å². The van der Waals surface area contributed by atoms with Crippen LogP contribution in [0.2, 0.25) is 5.02 Å². The molecular weight excluding hydrogens is 512 g/mol. The van der Waals surface area contributed by atoms with E-state index in [0.29, 0.717) is 10.6 Å². The molecule has 0 saturated carbocycles. The molecule has 0 aliphatic heterocycles. The van der Waals surface area contributed by atoms with Gasteiger partial charge < -0.3 is 10.2 Å². The number of sulfonamides is 1. The Morgan fingerprint density at radius 1 is 0.919 bits per heavy atom. The lowest BCUT2D eigenvalue weighted by Crippen LogP contribution is -2.54. The molecule has 0 radical (unpaired) electrons. The maximum atomic E-state index is 13.5. The first kappa shape index (κ1) is 28.7. The first-order valence-corrected chi connectivity index (χ1v) is 13.9. The van der Waals surface area contributed by atoms with Gasteiger partial charge in [0.1, 0.15) is 5.72 Å². The fourth-order valence-corrected chi connectivity index (χ4v) is 5.91. The SMILES string of the molecule is CC(C)CN(CCC(O)(Cc1ccccc1)N(Cc1ccccc1)C(=O)O)S(=O)(=O)c1ccc(Cl)cc1. The molecule has 0 aromatic heterocycles. The van der Waals surface area contributed by atoms with E-state index in [9.17, 15) is 23.4 Å². The first-order valence-electron chi connectivity index (χ1n) is 12.1. The van der Waals surface area contributed by atoms with Crippen molar-refractivity contribution in [3.05, 3.63) is 101 Å². The van der Waals surface area contributed by atoms with Gasteiger partial charge in [-0.2, -0.15) is 4.31 Å². The fourth-order valence-electron chi connectivity index (χ4n) is 4.18. The van der Waals surface area contributed by atoms with Gasteiger partial charge in [0.2, 0.25) is 10.0 Å². The summed E-state index contributed by atoms with van der Waals surface area (Å²) in [6, 6.07) is 24.0. The molecule has 0 spiro atoms. The van der Waals surface area contributed by atoms with Crippen LogP contribution in [0.15, 0.2) is 89.8 Å². The van der Waals surface area contributed by atoms with Crippen molar-refractivity contribution in [2.75, 3.05) is 13.1 Å². The van der Waals surface area contributed by atoms with E-state index in [0.717, 1.165) is 10.5 Å². The van der Waals surface area contributed by atoms with Gasteiger partial charge in [-0.1, -0.05) is 86.1 Å². The van der Waals surface area contributed by atoms with E-state index in [1.54, 1.807) is 24.3 Å². The number of nitrogens with zero attached hydrogens (tertiary/aromatic N) is 2. The predicted octanol–water partition coefficient (Wildman–Crippen LogP) is 5.49. The lowest BCUT2D eigenvalue weighted by Gasteiger charge is -2.39. The standard InChI is InChI=1S/C28H33ClN2O5S/c1-22(2)20-30(37(35,36)26-15-13-25(29)14-16-26)18-17-28(34,19-23-9-5-3-6-10-23)31(27(32)33)21-24-11-7-4-8-12-24/h3-16,22,34H,17-21H2,1-2H3,(H,32,33). The molecule has 3 aromatic carbocycles. The molecule has 7 nitrogen and oxygen atoms in total. The Morgan fingerprint density at radius 3 is 1.97 bits per heavy atom. The Labute approximate surface area is 224 Å². The normalized spacial score (nSPS) is 13.5. The number of rotatable bonds is 12. The monoisotopic (exact) mass is 544 g/mol. The molecule has 1 atom stereocenters. The molecule has 0 aliphatic carbocycles. The van der Waals surface area contributed by atoms with E-state index in [4.69, 9.17) is 11.6 Å². The second-order valence-electron chi connectivity index (χ2n) is 9.46. The average molecular weight is 545 g/mol. The lowest BCUT2D eigenvalue weighted by atomic mass is 9.96. The number of carboxylic acid groups (broad SMARTS) is 1. The van der Waals surface area contributed by atoms with Crippen LogP contribution in [-0.4, -0.2) is 52.7 Å². The summed E-state index contributed by atoms with van der Waals surface area (Å²) in [6.45, 7) is 3.88. The van der Waals surface area contributed by atoms with Crippen LogP contribution >= 0.6 is 11.6 Å². The van der Waals surface area contributed by atoms with Crippen LogP contribution in [0.1, 0.15) is 31.4 Å². The summed E-state index contributed by atoms with van der Waals surface area (Å²) in [5.41, 5.74) is -0.419. The molecule has 0 bridgehead atoms. The van der Waals surface area contributed by atoms with Gasteiger partial charge in [0, 0.05) is 31.0 Å². The van der Waals surface area contributed by atoms with Crippen molar-refractivity contribution in [2.45, 2.75) is 43.9 Å². The number of benzene rings is 3. The van der Waals surface area contributed by atoms with Crippen LogP contribution in [0.5, 0.6) is 0 Å². The molecule has 3 rings (SSSR count). The highest BCUT2D eigenvalue weighted by Gasteiger charge is 2.39. The van der Waals surface area contributed by atoms with Crippen LogP contribution in [-0.2, 0) is 23.0 Å². The number of halogens is 1. The maximum absolute atomic E-state index is 13.5. The van der Waals surface area contributed by atoms with Gasteiger partial charge in [0.15, 0.2) is 0 Å². The van der Waals surface area contributed by atoms with E-state index in [-0.39, 0.29) is 43.3 Å². The van der Waals surface area contributed by atoms with Crippen LogP contribution in [0.4, 0.5) is 4.79 Å². The second kappa shape index (κ2) is 12.6. The highest BCUT2D eigenvalue weighted by Crippen LogP contribution is 2.28. The van der Waals surface area contributed by atoms with E-state index >= 15 is 0 Å². The van der Waals surface area contributed by atoms with Crippen LogP contribution in [0, 0.1) is 5.92 Å². The van der Waals surface area contributed by atoms with Crippen molar-refractivity contribution in [3.63, 3.8) is 0 Å². The van der Waals surface area contributed by atoms with Crippen molar-refractivity contribution in [1.82, 2.24) is 9.21 Å². The minimum absolute atomic E-state index is 0.00346. The van der Waals surface area contributed by atoms with Gasteiger partial charge in [-0.15, -0.1) is 0 Å². The van der Waals surface area contributed by atoms with Gasteiger partial charge in [0.25, 0.3) is 0 Å². The zero-order valence-corrected chi connectivity index (χ0v) is 22.6. The van der Waals surface area contributed by atoms with Crippen molar-refractivity contribution in [1.29, 1.82) is 0 Å². The lowest BCUT2D eigenvalue weighted by molar-refractivity contribution is -0.103. The third kappa shape index (κ3) is 7.79. The van der Waals surface area contributed by atoms with Crippen LogP contribution < -0.4 is 0 Å². The van der Waals surface area contributed by atoms with E-state index in [2.05, 4.69) is 0 Å². The second-order valence-corrected chi connectivity index (χ2v) is 11.8. The quantitative estimate of drug-likeness (QED) is 0.294. The number of carbonyl (C=O) groups is 1. The molecular formula is C28H33ClN2O5S. The Bertz CT molecular complexity index is 1250.